The third-order valence-electron chi connectivity index (χ3n) is 3.23. The van der Waals surface area contributed by atoms with Gasteiger partial charge in [0.2, 0.25) is 0 Å². The second kappa shape index (κ2) is 4.67. The molecule has 1 fully saturated rings. The molecule has 0 aromatic carbocycles. The van der Waals surface area contributed by atoms with Gasteiger partial charge in [-0.1, -0.05) is 0 Å². The summed E-state index contributed by atoms with van der Waals surface area (Å²) in [6.07, 6.45) is 8.13. The summed E-state index contributed by atoms with van der Waals surface area (Å²) in [4.78, 5) is 4.02. The summed E-state index contributed by atoms with van der Waals surface area (Å²) in [7, 11) is 0. The second-order valence-corrected chi connectivity index (χ2v) is 4.42. The highest BCUT2D eigenvalue weighted by molar-refractivity contribution is 5.57. The van der Waals surface area contributed by atoms with Crippen molar-refractivity contribution in [2.75, 3.05) is 13.1 Å². The predicted octanol–water partition coefficient (Wildman–Crippen LogP) is 1.87. The number of pyridine rings is 1. The zero-order chi connectivity index (χ0) is 11.5. The molecule has 17 heavy (non-hydrogen) atoms. The lowest BCUT2D eigenvalue weighted by molar-refractivity contribution is 0.347. The molecule has 1 saturated heterocycles. The van der Waals surface area contributed by atoms with Crippen molar-refractivity contribution < 1.29 is 0 Å². The summed E-state index contributed by atoms with van der Waals surface area (Å²) in [5.74, 6) is 0. The Bertz CT molecular complexity index is 471. The topological polar surface area (TPSA) is 42.7 Å². The third-order valence-corrected chi connectivity index (χ3v) is 3.23. The normalized spacial score (nSPS) is 20.4. The van der Waals surface area contributed by atoms with Crippen molar-refractivity contribution >= 4 is 0 Å². The molecule has 1 aliphatic heterocycles. The van der Waals surface area contributed by atoms with Crippen molar-refractivity contribution in [2.24, 2.45) is 0 Å². The quantitative estimate of drug-likeness (QED) is 0.853. The van der Waals surface area contributed by atoms with Gasteiger partial charge in [-0.2, -0.15) is 5.10 Å². The van der Waals surface area contributed by atoms with Gasteiger partial charge in [-0.05, 0) is 37.6 Å². The molecule has 2 aromatic rings. The Kier molecular flexibility index (Phi) is 2.88. The minimum Gasteiger partial charge on any atom is -0.315 e. The molecule has 0 unspecified atom stereocenters. The smallest absolute Gasteiger partial charge is 0.0924 e. The average molecular weight is 228 g/mol. The molecule has 88 valence electrons. The fourth-order valence-electron chi connectivity index (χ4n) is 2.28. The van der Waals surface area contributed by atoms with E-state index in [0.29, 0.717) is 6.04 Å². The van der Waals surface area contributed by atoms with Crippen molar-refractivity contribution in [3.8, 4) is 11.3 Å². The summed E-state index contributed by atoms with van der Waals surface area (Å²) < 4.78 is 2.09. The molecule has 0 bridgehead atoms. The van der Waals surface area contributed by atoms with Crippen LogP contribution in [0.2, 0.25) is 0 Å². The first-order valence-electron chi connectivity index (χ1n) is 6.10. The lowest BCUT2D eigenvalue weighted by Crippen LogP contribution is -2.31. The molecule has 4 nitrogen and oxygen atoms in total. The number of hydrogen-bond acceptors (Lipinski definition) is 3. The zero-order valence-corrected chi connectivity index (χ0v) is 9.71. The van der Waals surface area contributed by atoms with Crippen molar-refractivity contribution in [1.29, 1.82) is 0 Å². The van der Waals surface area contributed by atoms with Gasteiger partial charge < -0.3 is 5.32 Å². The summed E-state index contributed by atoms with van der Waals surface area (Å²) in [5.41, 5.74) is 2.15. The van der Waals surface area contributed by atoms with Gasteiger partial charge in [0.05, 0.1) is 11.7 Å². The molecule has 0 aliphatic carbocycles. The Morgan fingerprint density at radius 3 is 2.88 bits per heavy atom. The standard InChI is InChI=1S/C13H16N4/c1-2-12(10-15-6-1)17-9-5-13(16-17)11-3-7-14-8-4-11/h3-5,7-9,12,15H,1-2,6,10H2/t12-/m0/s1. The average Bonchev–Trinajstić information content (AvgIpc) is 2.90. The van der Waals surface area contributed by atoms with Crippen LogP contribution < -0.4 is 5.32 Å². The first-order valence-corrected chi connectivity index (χ1v) is 6.10. The highest BCUT2D eigenvalue weighted by atomic mass is 15.3. The number of nitrogens with one attached hydrogen (secondary N) is 1. The Labute approximate surface area is 101 Å². The molecule has 4 heteroatoms. The fraction of sp³-hybridized carbons (Fsp3) is 0.385. The van der Waals surface area contributed by atoms with Gasteiger partial charge in [-0.3, -0.25) is 9.67 Å². The summed E-state index contributed by atoms with van der Waals surface area (Å²) in [6, 6.07) is 6.56. The number of rotatable bonds is 2. The summed E-state index contributed by atoms with van der Waals surface area (Å²) >= 11 is 0. The van der Waals surface area contributed by atoms with Crippen molar-refractivity contribution in [2.45, 2.75) is 18.9 Å². The minimum atomic E-state index is 0.499. The van der Waals surface area contributed by atoms with Crippen LogP contribution in [0.4, 0.5) is 0 Å². The minimum absolute atomic E-state index is 0.499. The van der Waals surface area contributed by atoms with Gasteiger partial charge in [0.1, 0.15) is 0 Å². The molecule has 0 amide bonds. The fourth-order valence-corrected chi connectivity index (χ4v) is 2.28. The van der Waals surface area contributed by atoms with E-state index in [0.717, 1.165) is 24.3 Å². The Morgan fingerprint density at radius 1 is 1.24 bits per heavy atom. The Balaban J connectivity index is 1.83. The van der Waals surface area contributed by atoms with E-state index < -0.39 is 0 Å². The molecular formula is C13H16N4. The van der Waals surface area contributed by atoms with Crippen molar-refractivity contribution in [3.05, 3.63) is 36.8 Å². The number of hydrogen-bond donors (Lipinski definition) is 1. The highest BCUT2D eigenvalue weighted by Gasteiger charge is 2.15. The van der Waals surface area contributed by atoms with E-state index in [1.807, 2.05) is 12.1 Å². The monoisotopic (exact) mass is 228 g/mol. The molecule has 1 N–H and O–H groups in total. The van der Waals surface area contributed by atoms with Gasteiger partial charge in [0, 0.05) is 30.7 Å². The van der Waals surface area contributed by atoms with Gasteiger partial charge in [0.15, 0.2) is 0 Å². The lowest BCUT2D eigenvalue weighted by atomic mass is 10.1. The highest BCUT2D eigenvalue weighted by Crippen LogP contribution is 2.20. The van der Waals surface area contributed by atoms with E-state index in [9.17, 15) is 0 Å². The number of aromatic nitrogens is 3. The van der Waals surface area contributed by atoms with E-state index in [1.54, 1.807) is 12.4 Å². The maximum absolute atomic E-state index is 4.65. The van der Waals surface area contributed by atoms with Crippen LogP contribution in [0.3, 0.4) is 0 Å². The van der Waals surface area contributed by atoms with Crippen LogP contribution in [0.15, 0.2) is 36.8 Å². The third kappa shape index (κ3) is 2.22. The van der Waals surface area contributed by atoms with Crippen LogP contribution in [-0.4, -0.2) is 27.9 Å². The predicted molar refractivity (Wildman–Crippen MR) is 66.6 cm³/mol. The van der Waals surface area contributed by atoms with Crippen LogP contribution in [0.1, 0.15) is 18.9 Å². The largest absolute Gasteiger partial charge is 0.315 e. The molecule has 0 radical (unpaired) electrons. The zero-order valence-electron chi connectivity index (χ0n) is 9.71. The molecular weight excluding hydrogens is 212 g/mol. The van der Waals surface area contributed by atoms with E-state index in [-0.39, 0.29) is 0 Å². The molecule has 0 spiro atoms. The van der Waals surface area contributed by atoms with Gasteiger partial charge in [-0.15, -0.1) is 0 Å². The number of piperidine rings is 1. The van der Waals surface area contributed by atoms with Gasteiger partial charge >= 0.3 is 0 Å². The first-order chi connectivity index (χ1) is 8.43. The van der Waals surface area contributed by atoms with E-state index in [2.05, 4.69) is 32.3 Å². The SMILES string of the molecule is c1cc(-c2ccn([C@H]3CCCNC3)n2)ccn1. The van der Waals surface area contributed by atoms with Gasteiger partial charge in [0.25, 0.3) is 0 Å². The number of nitrogens with zero attached hydrogens (tertiary/aromatic N) is 3. The molecule has 3 heterocycles. The maximum atomic E-state index is 4.65. The lowest BCUT2D eigenvalue weighted by Gasteiger charge is -2.22. The molecule has 2 aromatic heterocycles. The molecule has 1 atom stereocenters. The second-order valence-electron chi connectivity index (χ2n) is 4.42. The molecule has 3 rings (SSSR count). The van der Waals surface area contributed by atoms with Crippen LogP contribution in [-0.2, 0) is 0 Å². The van der Waals surface area contributed by atoms with Crippen molar-refractivity contribution in [1.82, 2.24) is 20.1 Å². The van der Waals surface area contributed by atoms with E-state index in [1.165, 1.54) is 12.8 Å². The van der Waals surface area contributed by atoms with Crippen LogP contribution in [0.25, 0.3) is 11.3 Å². The Hall–Kier alpha value is -1.68. The van der Waals surface area contributed by atoms with Crippen LogP contribution >= 0.6 is 0 Å². The summed E-state index contributed by atoms with van der Waals surface area (Å²) in [6.45, 7) is 2.16. The molecule has 1 aliphatic rings. The Morgan fingerprint density at radius 2 is 2.12 bits per heavy atom. The van der Waals surface area contributed by atoms with E-state index >= 15 is 0 Å². The van der Waals surface area contributed by atoms with Crippen molar-refractivity contribution in [3.63, 3.8) is 0 Å². The van der Waals surface area contributed by atoms with Crippen LogP contribution in [0, 0.1) is 0 Å². The summed E-state index contributed by atoms with van der Waals surface area (Å²) in [5, 5.41) is 8.06. The van der Waals surface area contributed by atoms with Crippen LogP contribution in [0.5, 0.6) is 0 Å². The molecule has 0 saturated carbocycles. The van der Waals surface area contributed by atoms with E-state index in [4.69, 9.17) is 0 Å². The van der Waals surface area contributed by atoms with Gasteiger partial charge in [-0.25, -0.2) is 0 Å². The maximum Gasteiger partial charge on any atom is 0.0924 e. The first kappa shape index (κ1) is 10.5.